The predicted octanol–water partition coefficient (Wildman–Crippen LogP) is 2.28. The molecule has 1 N–H and O–H groups in total. The van der Waals surface area contributed by atoms with Crippen LogP contribution in [0.4, 0.5) is 14.9 Å². The van der Waals surface area contributed by atoms with E-state index in [1.54, 1.807) is 21.9 Å². The standard InChI is InChI=1S/C18H22ClFN4O2/c19-15-4-3-14(7-16(15)20)22-6-5-13(9-22)21-18(26)24-10-17(25)23(11-24)8-12-1-2-12/h3-4,7,12-13H,1-2,5-6,8-11H2,(H,21,26). The smallest absolute Gasteiger partial charge is 0.319 e. The van der Waals surface area contributed by atoms with Gasteiger partial charge in [0.1, 0.15) is 12.4 Å². The monoisotopic (exact) mass is 380 g/mol. The SMILES string of the molecule is O=C1CN(C(=O)NC2CCN(c3ccc(Cl)c(F)c3)C2)CN1CC1CC1. The van der Waals surface area contributed by atoms with Gasteiger partial charge < -0.3 is 15.1 Å². The molecular formula is C18H22ClFN4O2. The molecule has 3 amide bonds. The number of nitrogens with one attached hydrogen (secondary N) is 1. The molecule has 1 aliphatic carbocycles. The van der Waals surface area contributed by atoms with Gasteiger partial charge in [0.05, 0.1) is 11.7 Å². The summed E-state index contributed by atoms with van der Waals surface area (Å²) in [5.74, 6) is 0.199. The summed E-state index contributed by atoms with van der Waals surface area (Å²) < 4.78 is 13.6. The Morgan fingerprint density at radius 3 is 2.85 bits per heavy atom. The van der Waals surface area contributed by atoms with Gasteiger partial charge in [-0.1, -0.05) is 11.6 Å². The summed E-state index contributed by atoms with van der Waals surface area (Å²) in [7, 11) is 0. The molecule has 1 unspecified atom stereocenters. The lowest BCUT2D eigenvalue weighted by molar-refractivity contribution is -0.126. The molecule has 140 valence electrons. The number of hydrogen-bond acceptors (Lipinski definition) is 3. The lowest BCUT2D eigenvalue weighted by Gasteiger charge is -2.22. The first-order chi connectivity index (χ1) is 12.5. The zero-order valence-corrected chi connectivity index (χ0v) is 15.2. The van der Waals surface area contributed by atoms with Gasteiger partial charge in [-0.3, -0.25) is 9.69 Å². The van der Waals surface area contributed by atoms with Gasteiger partial charge in [-0.05, 0) is 43.4 Å². The van der Waals surface area contributed by atoms with E-state index in [-0.39, 0.29) is 29.5 Å². The minimum atomic E-state index is -0.442. The fourth-order valence-electron chi connectivity index (χ4n) is 3.57. The fourth-order valence-corrected chi connectivity index (χ4v) is 3.68. The van der Waals surface area contributed by atoms with E-state index in [1.807, 2.05) is 4.90 Å². The molecule has 6 nitrogen and oxygen atoms in total. The molecule has 0 spiro atoms. The fraction of sp³-hybridized carbons (Fsp3) is 0.556. The van der Waals surface area contributed by atoms with Crippen molar-refractivity contribution >= 4 is 29.2 Å². The maximum atomic E-state index is 13.6. The zero-order valence-electron chi connectivity index (χ0n) is 14.5. The summed E-state index contributed by atoms with van der Waals surface area (Å²) >= 11 is 5.73. The first-order valence-electron chi connectivity index (χ1n) is 9.03. The highest BCUT2D eigenvalue weighted by atomic mass is 35.5. The Bertz CT molecular complexity index is 727. The average molecular weight is 381 g/mol. The summed E-state index contributed by atoms with van der Waals surface area (Å²) in [4.78, 5) is 29.9. The van der Waals surface area contributed by atoms with E-state index in [0.29, 0.717) is 19.1 Å². The van der Waals surface area contributed by atoms with Crippen LogP contribution >= 0.6 is 11.6 Å². The number of amides is 3. The third kappa shape index (κ3) is 3.72. The molecule has 26 heavy (non-hydrogen) atoms. The molecule has 1 aromatic carbocycles. The Morgan fingerprint density at radius 2 is 2.12 bits per heavy atom. The van der Waals surface area contributed by atoms with Crippen LogP contribution in [0.1, 0.15) is 19.3 Å². The maximum Gasteiger partial charge on any atom is 0.319 e. The molecule has 2 heterocycles. The van der Waals surface area contributed by atoms with Gasteiger partial charge in [-0.15, -0.1) is 0 Å². The molecule has 3 aliphatic rings. The molecular weight excluding hydrogens is 359 g/mol. The number of anilines is 1. The van der Waals surface area contributed by atoms with Gasteiger partial charge in [0.25, 0.3) is 0 Å². The van der Waals surface area contributed by atoms with Crippen molar-refractivity contribution in [3.63, 3.8) is 0 Å². The first kappa shape index (κ1) is 17.4. The van der Waals surface area contributed by atoms with Crippen molar-refractivity contribution in [2.45, 2.75) is 25.3 Å². The van der Waals surface area contributed by atoms with E-state index in [0.717, 1.165) is 25.2 Å². The number of urea groups is 1. The van der Waals surface area contributed by atoms with Crippen molar-refractivity contribution in [1.29, 1.82) is 0 Å². The number of nitrogens with zero attached hydrogens (tertiary/aromatic N) is 3. The largest absolute Gasteiger partial charge is 0.369 e. The first-order valence-corrected chi connectivity index (χ1v) is 9.40. The number of hydrogen-bond donors (Lipinski definition) is 1. The van der Waals surface area contributed by atoms with E-state index in [2.05, 4.69) is 5.32 Å². The predicted molar refractivity (Wildman–Crippen MR) is 96.6 cm³/mol. The second-order valence-electron chi connectivity index (χ2n) is 7.38. The lowest BCUT2D eigenvalue weighted by atomic mass is 10.2. The summed E-state index contributed by atoms with van der Waals surface area (Å²) in [5, 5.41) is 3.11. The van der Waals surface area contributed by atoms with Crippen LogP contribution in [0.2, 0.25) is 5.02 Å². The molecule has 2 saturated heterocycles. The Balaban J connectivity index is 1.30. The van der Waals surface area contributed by atoms with Crippen molar-refractivity contribution in [2.24, 2.45) is 5.92 Å². The molecule has 1 saturated carbocycles. The van der Waals surface area contributed by atoms with Crippen LogP contribution in [0.15, 0.2) is 18.2 Å². The molecule has 2 aliphatic heterocycles. The van der Waals surface area contributed by atoms with E-state index in [9.17, 15) is 14.0 Å². The second kappa shape index (κ2) is 6.95. The van der Waals surface area contributed by atoms with Crippen molar-refractivity contribution in [2.75, 3.05) is 37.7 Å². The highest BCUT2D eigenvalue weighted by Crippen LogP contribution is 2.30. The summed E-state index contributed by atoms with van der Waals surface area (Å²) in [5.41, 5.74) is 0.760. The number of halogens is 2. The third-order valence-electron chi connectivity index (χ3n) is 5.27. The summed E-state index contributed by atoms with van der Waals surface area (Å²) in [6, 6.07) is 4.52. The quantitative estimate of drug-likeness (QED) is 0.871. The topological polar surface area (TPSA) is 55.9 Å². The van der Waals surface area contributed by atoms with Crippen LogP contribution in [-0.2, 0) is 4.79 Å². The minimum Gasteiger partial charge on any atom is -0.369 e. The van der Waals surface area contributed by atoms with Crippen LogP contribution in [0, 0.1) is 11.7 Å². The third-order valence-corrected chi connectivity index (χ3v) is 5.57. The Kier molecular flexibility index (Phi) is 4.65. The number of rotatable bonds is 4. The van der Waals surface area contributed by atoms with E-state index in [1.165, 1.54) is 18.9 Å². The highest BCUT2D eigenvalue weighted by molar-refractivity contribution is 6.30. The van der Waals surface area contributed by atoms with E-state index >= 15 is 0 Å². The van der Waals surface area contributed by atoms with Crippen molar-refractivity contribution in [3.05, 3.63) is 29.0 Å². The molecule has 1 atom stereocenters. The number of carbonyl (C=O) groups is 2. The Labute approximate surface area is 156 Å². The summed E-state index contributed by atoms with van der Waals surface area (Å²) in [6.45, 7) is 2.64. The average Bonchev–Trinajstić information content (AvgIpc) is 3.18. The van der Waals surface area contributed by atoms with Crippen molar-refractivity contribution in [3.8, 4) is 0 Å². The van der Waals surface area contributed by atoms with Crippen LogP contribution in [0.3, 0.4) is 0 Å². The maximum absolute atomic E-state index is 13.6. The van der Waals surface area contributed by atoms with Crippen LogP contribution in [0.5, 0.6) is 0 Å². The van der Waals surface area contributed by atoms with Gasteiger partial charge in [0.2, 0.25) is 5.91 Å². The van der Waals surface area contributed by atoms with Crippen LogP contribution < -0.4 is 10.2 Å². The van der Waals surface area contributed by atoms with Gasteiger partial charge in [-0.2, -0.15) is 0 Å². The summed E-state index contributed by atoms with van der Waals surface area (Å²) in [6.07, 6.45) is 3.14. The number of benzene rings is 1. The Morgan fingerprint density at radius 1 is 1.31 bits per heavy atom. The number of carbonyl (C=O) groups excluding carboxylic acids is 2. The van der Waals surface area contributed by atoms with Gasteiger partial charge in [0.15, 0.2) is 0 Å². The molecule has 1 aromatic rings. The second-order valence-corrected chi connectivity index (χ2v) is 7.79. The normalized spacial score (nSPS) is 23.1. The lowest BCUT2D eigenvalue weighted by Crippen LogP contribution is -2.45. The van der Waals surface area contributed by atoms with E-state index < -0.39 is 5.82 Å². The molecule has 0 bridgehead atoms. The Hall–Kier alpha value is -2.02. The zero-order chi connectivity index (χ0) is 18.3. The van der Waals surface area contributed by atoms with E-state index in [4.69, 9.17) is 11.6 Å². The molecule has 4 rings (SSSR count). The molecule has 0 aromatic heterocycles. The van der Waals surface area contributed by atoms with Crippen molar-refractivity contribution < 1.29 is 14.0 Å². The van der Waals surface area contributed by atoms with Gasteiger partial charge in [0, 0.05) is 31.4 Å². The molecule has 3 fully saturated rings. The van der Waals surface area contributed by atoms with Crippen molar-refractivity contribution in [1.82, 2.24) is 15.1 Å². The van der Waals surface area contributed by atoms with Crippen LogP contribution in [-0.4, -0.2) is 60.6 Å². The molecule has 0 radical (unpaired) electrons. The molecule has 8 heteroatoms. The highest BCUT2D eigenvalue weighted by Gasteiger charge is 2.35. The minimum absolute atomic E-state index is 0.0196. The van der Waals surface area contributed by atoms with Gasteiger partial charge >= 0.3 is 6.03 Å². The van der Waals surface area contributed by atoms with Crippen LogP contribution in [0.25, 0.3) is 0 Å². The van der Waals surface area contributed by atoms with Gasteiger partial charge in [-0.25, -0.2) is 9.18 Å².